The summed E-state index contributed by atoms with van der Waals surface area (Å²) in [4.78, 5) is 18.6. The Morgan fingerprint density at radius 2 is 2.13 bits per heavy atom. The molecule has 0 fully saturated rings. The lowest BCUT2D eigenvalue weighted by Gasteiger charge is -2.23. The largest absolute Gasteiger partial charge is 0.493 e. The Hall–Kier alpha value is -2.87. The molecule has 0 radical (unpaired) electrons. The lowest BCUT2D eigenvalue weighted by molar-refractivity contribution is 0.0742. The number of carbonyl (C=O) groups excluding carboxylic acids is 1. The van der Waals surface area contributed by atoms with E-state index < -0.39 is 0 Å². The van der Waals surface area contributed by atoms with Crippen LogP contribution in [-0.2, 0) is 6.54 Å². The molecule has 0 saturated carbocycles. The number of nitriles is 1. The Morgan fingerprint density at radius 1 is 1.30 bits per heavy atom. The normalized spacial score (nSPS) is 9.91. The number of rotatable bonds is 7. The van der Waals surface area contributed by atoms with E-state index in [4.69, 9.17) is 10.00 Å². The number of nitrogens with zero attached hydrogens (tertiary/aromatic N) is 3. The zero-order valence-electron chi connectivity index (χ0n) is 13.1. The molecule has 0 bridgehead atoms. The number of aromatic nitrogens is 1. The van der Waals surface area contributed by atoms with Crippen LogP contribution in [0.4, 0.5) is 0 Å². The first-order valence-corrected chi connectivity index (χ1v) is 7.53. The van der Waals surface area contributed by atoms with Crippen LogP contribution in [0.15, 0.2) is 48.8 Å². The number of benzene rings is 1. The van der Waals surface area contributed by atoms with Gasteiger partial charge in [-0.1, -0.05) is 18.2 Å². The van der Waals surface area contributed by atoms with E-state index in [0.29, 0.717) is 31.0 Å². The van der Waals surface area contributed by atoms with Crippen LogP contribution < -0.4 is 4.74 Å². The number of ether oxygens (including phenoxy) is 1. The number of amides is 1. The molecule has 1 aromatic heterocycles. The summed E-state index contributed by atoms with van der Waals surface area (Å²) in [5.41, 5.74) is 1.43. The molecule has 0 spiro atoms. The molecule has 0 aliphatic rings. The van der Waals surface area contributed by atoms with Gasteiger partial charge in [0.25, 0.3) is 5.91 Å². The Morgan fingerprint density at radius 3 is 2.83 bits per heavy atom. The third-order valence-electron chi connectivity index (χ3n) is 3.29. The molecule has 0 aliphatic heterocycles. The van der Waals surface area contributed by atoms with Crippen molar-refractivity contribution >= 4 is 5.91 Å². The van der Waals surface area contributed by atoms with Gasteiger partial charge in [-0.15, -0.1) is 0 Å². The predicted octanol–water partition coefficient (Wildman–Crippen LogP) is 3.04. The zero-order valence-corrected chi connectivity index (χ0v) is 13.1. The highest BCUT2D eigenvalue weighted by molar-refractivity contribution is 5.96. The highest BCUT2D eigenvalue weighted by Crippen LogP contribution is 2.21. The lowest BCUT2D eigenvalue weighted by Crippen LogP contribution is -2.31. The minimum absolute atomic E-state index is 0.145. The van der Waals surface area contributed by atoms with E-state index in [1.54, 1.807) is 29.4 Å². The molecule has 0 N–H and O–H groups in total. The standard InChI is InChI=1S/C18H19N3O2/c1-2-23-17-9-4-3-8-16(17)18(22)21(12-6-10-19)14-15-7-5-11-20-13-15/h3-5,7-9,11,13H,2,6,12,14H2,1H3. The van der Waals surface area contributed by atoms with Crippen molar-refractivity contribution in [3.05, 3.63) is 59.9 Å². The highest BCUT2D eigenvalue weighted by atomic mass is 16.5. The Labute approximate surface area is 136 Å². The number of hydrogen-bond acceptors (Lipinski definition) is 4. The molecule has 0 aliphatic carbocycles. The van der Waals surface area contributed by atoms with E-state index in [-0.39, 0.29) is 12.3 Å². The topological polar surface area (TPSA) is 66.2 Å². The number of para-hydroxylation sites is 1. The third-order valence-corrected chi connectivity index (χ3v) is 3.29. The Kier molecular flexibility index (Phi) is 6.13. The number of carbonyl (C=O) groups is 1. The van der Waals surface area contributed by atoms with Crippen LogP contribution in [0.5, 0.6) is 5.75 Å². The summed E-state index contributed by atoms with van der Waals surface area (Å²) in [5, 5.41) is 8.85. The van der Waals surface area contributed by atoms with Gasteiger partial charge in [-0.25, -0.2) is 0 Å². The van der Waals surface area contributed by atoms with E-state index in [1.165, 1.54) is 0 Å². The van der Waals surface area contributed by atoms with Crippen molar-refractivity contribution in [3.8, 4) is 11.8 Å². The second-order valence-electron chi connectivity index (χ2n) is 4.93. The maximum Gasteiger partial charge on any atom is 0.257 e. The zero-order chi connectivity index (χ0) is 16.5. The van der Waals surface area contributed by atoms with Crippen molar-refractivity contribution in [1.29, 1.82) is 5.26 Å². The predicted molar refractivity (Wildman–Crippen MR) is 86.8 cm³/mol. The molecule has 0 atom stereocenters. The summed E-state index contributed by atoms with van der Waals surface area (Å²) in [7, 11) is 0. The van der Waals surface area contributed by atoms with Gasteiger partial charge in [-0.05, 0) is 30.7 Å². The van der Waals surface area contributed by atoms with Gasteiger partial charge < -0.3 is 9.64 Å². The van der Waals surface area contributed by atoms with Crippen LogP contribution in [0.3, 0.4) is 0 Å². The van der Waals surface area contributed by atoms with E-state index >= 15 is 0 Å². The van der Waals surface area contributed by atoms with Gasteiger partial charge in [0.1, 0.15) is 5.75 Å². The quantitative estimate of drug-likeness (QED) is 0.788. The summed E-state index contributed by atoms with van der Waals surface area (Å²) < 4.78 is 5.54. The van der Waals surface area contributed by atoms with E-state index in [1.807, 2.05) is 31.2 Å². The van der Waals surface area contributed by atoms with Crippen LogP contribution in [0.2, 0.25) is 0 Å². The molecular formula is C18H19N3O2. The van der Waals surface area contributed by atoms with Gasteiger partial charge in [-0.3, -0.25) is 9.78 Å². The smallest absolute Gasteiger partial charge is 0.257 e. The van der Waals surface area contributed by atoms with Crippen molar-refractivity contribution in [3.63, 3.8) is 0 Å². The first-order chi connectivity index (χ1) is 11.3. The first kappa shape index (κ1) is 16.5. The molecule has 0 unspecified atom stereocenters. The first-order valence-electron chi connectivity index (χ1n) is 7.53. The van der Waals surface area contributed by atoms with Crippen LogP contribution in [0, 0.1) is 11.3 Å². The molecule has 0 saturated heterocycles. The Bertz CT molecular complexity index is 680. The van der Waals surface area contributed by atoms with Crippen LogP contribution in [0.25, 0.3) is 0 Å². The molecular weight excluding hydrogens is 290 g/mol. The van der Waals surface area contributed by atoms with Crippen LogP contribution in [0.1, 0.15) is 29.3 Å². The second kappa shape index (κ2) is 8.54. The van der Waals surface area contributed by atoms with E-state index in [9.17, 15) is 4.79 Å². The molecule has 5 heteroatoms. The van der Waals surface area contributed by atoms with Crippen LogP contribution >= 0.6 is 0 Å². The molecule has 2 aromatic rings. The van der Waals surface area contributed by atoms with Crippen molar-refractivity contribution in [2.75, 3.05) is 13.2 Å². The maximum absolute atomic E-state index is 12.9. The van der Waals surface area contributed by atoms with Gasteiger partial charge in [0.15, 0.2) is 0 Å². The fraction of sp³-hybridized carbons (Fsp3) is 0.278. The average molecular weight is 309 g/mol. The van der Waals surface area contributed by atoms with E-state index in [0.717, 1.165) is 5.56 Å². The van der Waals surface area contributed by atoms with Gasteiger partial charge in [0.05, 0.1) is 24.7 Å². The van der Waals surface area contributed by atoms with Crippen molar-refractivity contribution in [1.82, 2.24) is 9.88 Å². The monoisotopic (exact) mass is 309 g/mol. The fourth-order valence-corrected chi connectivity index (χ4v) is 2.24. The van der Waals surface area contributed by atoms with Crippen LogP contribution in [-0.4, -0.2) is 28.9 Å². The fourth-order valence-electron chi connectivity index (χ4n) is 2.24. The Balaban J connectivity index is 2.24. The maximum atomic E-state index is 12.9. The van der Waals surface area contributed by atoms with Gasteiger partial charge >= 0.3 is 0 Å². The summed E-state index contributed by atoms with van der Waals surface area (Å²) >= 11 is 0. The summed E-state index contributed by atoms with van der Waals surface area (Å²) in [6.07, 6.45) is 3.69. The molecule has 118 valence electrons. The molecule has 23 heavy (non-hydrogen) atoms. The van der Waals surface area contributed by atoms with E-state index in [2.05, 4.69) is 11.1 Å². The van der Waals surface area contributed by atoms with Gasteiger partial charge in [0, 0.05) is 25.5 Å². The van der Waals surface area contributed by atoms with Crippen molar-refractivity contribution in [2.45, 2.75) is 19.9 Å². The third kappa shape index (κ3) is 4.55. The number of hydrogen-bond donors (Lipinski definition) is 0. The molecule has 5 nitrogen and oxygen atoms in total. The minimum Gasteiger partial charge on any atom is -0.493 e. The molecule has 1 amide bonds. The van der Waals surface area contributed by atoms with Gasteiger partial charge in [-0.2, -0.15) is 5.26 Å². The SMILES string of the molecule is CCOc1ccccc1C(=O)N(CCC#N)Cc1cccnc1. The molecule has 1 aromatic carbocycles. The van der Waals surface area contributed by atoms with Crippen molar-refractivity contribution < 1.29 is 9.53 Å². The lowest BCUT2D eigenvalue weighted by atomic mass is 10.1. The summed E-state index contributed by atoms with van der Waals surface area (Å²) in [6, 6.07) is 13.0. The summed E-state index contributed by atoms with van der Waals surface area (Å²) in [5.74, 6) is 0.418. The molecule has 1 heterocycles. The summed E-state index contributed by atoms with van der Waals surface area (Å²) in [6.45, 7) is 3.15. The number of pyridine rings is 1. The average Bonchev–Trinajstić information content (AvgIpc) is 2.60. The van der Waals surface area contributed by atoms with Crippen molar-refractivity contribution in [2.24, 2.45) is 0 Å². The minimum atomic E-state index is -0.145. The van der Waals surface area contributed by atoms with Gasteiger partial charge in [0.2, 0.25) is 0 Å². The highest BCUT2D eigenvalue weighted by Gasteiger charge is 2.19. The second-order valence-corrected chi connectivity index (χ2v) is 4.93. The molecule has 2 rings (SSSR count).